The molecule has 104 valence electrons. The van der Waals surface area contributed by atoms with Gasteiger partial charge in [0.1, 0.15) is 0 Å². The summed E-state index contributed by atoms with van der Waals surface area (Å²) in [7, 11) is 0. The molecule has 0 bridgehead atoms. The first kappa shape index (κ1) is 18.8. The molecule has 0 radical (unpaired) electrons. The van der Waals surface area contributed by atoms with Gasteiger partial charge < -0.3 is 0 Å². The van der Waals surface area contributed by atoms with E-state index < -0.39 is 0 Å². The van der Waals surface area contributed by atoms with E-state index >= 15 is 0 Å². The van der Waals surface area contributed by atoms with Gasteiger partial charge in [0.2, 0.25) is 0 Å². The summed E-state index contributed by atoms with van der Waals surface area (Å²) in [5.74, 6) is 0. The van der Waals surface area contributed by atoms with Crippen molar-refractivity contribution in [3.63, 3.8) is 0 Å². The molecule has 0 saturated carbocycles. The van der Waals surface area contributed by atoms with Gasteiger partial charge in [-0.25, -0.2) is 0 Å². The van der Waals surface area contributed by atoms with Crippen LogP contribution < -0.4 is 0 Å². The predicted octanol–water partition coefficient (Wildman–Crippen LogP) is 5.68. The Morgan fingerprint density at radius 3 is 0.895 bits per heavy atom. The van der Waals surface area contributed by atoms with Gasteiger partial charge >= 0.3 is 0 Å². The SMILES string of the molecule is CC1=CC=CC1.CC1=CC=CC1.CC1=CC=CC1.[Gd]. The second-order valence-corrected chi connectivity index (χ2v) is 4.94. The Hall–Kier alpha value is -0.235. The predicted molar refractivity (Wildman–Crippen MR) is 82.5 cm³/mol. The third kappa shape index (κ3) is 10.2. The van der Waals surface area contributed by atoms with E-state index in [0.29, 0.717) is 0 Å². The van der Waals surface area contributed by atoms with Crippen LogP contribution >= 0.6 is 0 Å². The summed E-state index contributed by atoms with van der Waals surface area (Å²) in [5.41, 5.74) is 4.40. The van der Waals surface area contributed by atoms with Crippen molar-refractivity contribution in [2.24, 2.45) is 0 Å². The molecule has 3 rings (SSSR count). The zero-order valence-corrected chi connectivity index (χ0v) is 14.4. The van der Waals surface area contributed by atoms with Crippen LogP contribution in [0.4, 0.5) is 0 Å². The molecular formula is C18H24Gd. The van der Waals surface area contributed by atoms with Gasteiger partial charge in [0.25, 0.3) is 0 Å². The number of hydrogen-bond acceptors (Lipinski definition) is 0. The molecule has 0 heterocycles. The second-order valence-electron chi connectivity index (χ2n) is 4.94. The van der Waals surface area contributed by atoms with Crippen molar-refractivity contribution in [3.8, 4) is 0 Å². The second kappa shape index (κ2) is 11.6. The fourth-order valence-electron chi connectivity index (χ4n) is 1.66. The fourth-order valence-corrected chi connectivity index (χ4v) is 1.66. The van der Waals surface area contributed by atoms with Crippen molar-refractivity contribution in [1.82, 2.24) is 0 Å². The van der Waals surface area contributed by atoms with Gasteiger partial charge in [0.15, 0.2) is 0 Å². The molecule has 19 heavy (non-hydrogen) atoms. The largest absolute Gasteiger partial charge is 0.0805 e. The third-order valence-electron chi connectivity index (χ3n) is 2.87. The van der Waals surface area contributed by atoms with Gasteiger partial charge in [-0.1, -0.05) is 71.4 Å². The van der Waals surface area contributed by atoms with Crippen LogP contribution in [0.3, 0.4) is 0 Å². The molecular weight excluding hydrogens is 373 g/mol. The van der Waals surface area contributed by atoms with E-state index in [9.17, 15) is 0 Å². The summed E-state index contributed by atoms with van der Waals surface area (Å²) in [6.07, 6.45) is 22.7. The Balaban J connectivity index is 0.000000249. The molecule has 0 unspecified atom stereocenters. The van der Waals surface area contributed by atoms with E-state index in [-0.39, 0.29) is 39.9 Å². The van der Waals surface area contributed by atoms with Gasteiger partial charge in [-0.3, -0.25) is 0 Å². The summed E-state index contributed by atoms with van der Waals surface area (Å²) in [6.45, 7) is 6.42. The molecule has 0 aromatic heterocycles. The molecule has 0 fully saturated rings. The molecule has 1 heteroatoms. The normalized spacial score (nSPS) is 17.5. The Morgan fingerprint density at radius 2 is 0.842 bits per heavy atom. The molecule has 0 spiro atoms. The summed E-state index contributed by atoms with van der Waals surface area (Å²) in [5, 5.41) is 0. The molecule has 0 aromatic rings. The third-order valence-corrected chi connectivity index (χ3v) is 2.87. The van der Waals surface area contributed by atoms with E-state index in [0.717, 1.165) is 0 Å². The molecule has 0 amide bonds. The minimum atomic E-state index is 0. The molecule has 3 aliphatic carbocycles. The maximum absolute atomic E-state index is 2.16. The van der Waals surface area contributed by atoms with E-state index in [1.54, 1.807) is 0 Å². The number of hydrogen-bond donors (Lipinski definition) is 0. The van der Waals surface area contributed by atoms with Crippen LogP contribution in [0.25, 0.3) is 0 Å². The zero-order chi connectivity index (χ0) is 13.2. The van der Waals surface area contributed by atoms with Crippen LogP contribution in [0.5, 0.6) is 0 Å². The van der Waals surface area contributed by atoms with Crippen LogP contribution in [0.1, 0.15) is 40.0 Å². The van der Waals surface area contributed by atoms with Crippen molar-refractivity contribution < 1.29 is 39.9 Å². The zero-order valence-electron chi connectivity index (χ0n) is 12.2. The first-order valence-corrected chi connectivity index (χ1v) is 6.65. The molecule has 0 saturated heterocycles. The van der Waals surface area contributed by atoms with Crippen LogP contribution in [0, 0.1) is 39.9 Å². The topological polar surface area (TPSA) is 0 Å². The smallest absolute Gasteiger partial charge is 0 e. The molecule has 0 aromatic carbocycles. The maximum Gasteiger partial charge on any atom is 0 e. The van der Waals surface area contributed by atoms with Crippen LogP contribution in [-0.4, -0.2) is 0 Å². The van der Waals surface area contributed by atoms with Crippen molar-refractivity contribution >= 4 is 0 Å². The fraction of sp³-hybridized carbons (Fsp3) is 0.333. The molecule has 3 aliphatic rings. The number of rotatable bonds is 0. The minimum absolute atomic E-state index is 0. The Bertz CT molecular complexity index is 362. The quantitative estimate of drug-likeness (QED) is 0.493. The van der Waals surface area contributed by atoms with Crippen molar-refractivity contribution in [2.75, 3.05) is 0 Å². The van der Waals surface area contributed by atoms with Crippen LogP contribution in [0.2, 0.25) is 0 Å². The summed E-state index contributed by atoms with van der Waals surface area (Å²) in [4.78, 5) is 0. The van der Waals surface area contributed by atoms with Gasteiger partial charge in [-0.15, -0.1) is 0 Å². The van der Waals surface area contributed by atoms with Crippen molar-refractivity contribution in [2.45, 2.75) is 40.0 Å². The summed E-state index contributed by atoms with van der Waals surface area (Å²) in [6, 6.07) is 0. The van der Waals surface area contributed by atoms with E-state index in [1.165, 1.54) is 36.0 Å². The maximum atomic E-state index is 2.16. The first-order chi connectivity index (χ1) is 8.68. The minimum Gasteiger partial charge on any atom is -0.0805 e. The van der Waals surface area contributed by atoms with Gasteiger partial charge in [0.05, 0.1) is 0 Å². The standard InChI is InChI=1S/3C6H8.Gd/c3*1-6-4-2-3-5-6;/h3*2-4H,5H2,1H3;. The van der Waals surface area contributed by atoms with Gasteiger partial charge in [-0.2, -0.15) is 0 Å². The van der Waals surface area contributed by atoms with Gasteiger partial charge in [0, 0.05) is 39.9 Å². The molecule has 0 atom stereocenters. The van der Waals surface area contributed by atoms with Crippen LogP contribution in [0.15, 0.2) is 71.4 Å². The monoisotopic (exact) mass is 398 g/mol. The molecule has 0 aliphatic heterocycles. The molecule has 0 N–H and O–H groups in total. The average Bonchev–Trinajstić information content (AvgIpc) is 3.05. The Kier molecular flexibility index (Phi) is 11.4. The van der Waals surface area contributed by atoms with E-state index in [4.69, 9.17) is 0 Å². The Labute approximate surface area is 150 Å². The first-order valence-electron chi connectivity index (χ1n) is 6.65. The van der Waals surface area contributed by atoms with Crippen molar-refractivity contribution in [3.05, 3.63) is 71.4 Å². The Morgan fingerprint density at radius 1 is 0.579 bits per heavy atom. The molecule has 0 nitrogen and oxygen atoms in total. The van der Waals surface area contributed by atoms with E-state index in [2.05, 4.69) is 75.5 Å². The number of allylic oxidation sites excluding steroid dienone is 12. The van der Waals surface area contributed by atoms with Gasteiger partial charge in [-0.05, 0) is 40.0 Å². The van der Waals surface area contributed by atoms with E-state index in [1.807, 2.05) is 0 Å². The average molecular weight is 398 g/mol. The summed E-state index contributed by atoms with van der Waals surface area (Å²) >= 11 is 0. The van der Waals surface area contributed by atoms with Crippen molar-refractivity contribution in [1.29, 1.82) is 0 Å². The summed E-state index contributed by atoms with van der Waals surface area (Å²) < 4.78 is 0. The van der Waals surface area contributed by atoms with Crippen LogP contribution in [-0.2, 0) is 0 Å².